The molecule has 2 aromatic carbocycles. The highest BCUT2D eigenvalue weighted by atomic mass is 35.5. The third kappa shape index (κ3) is 3.44. The number of ether oxygens (including phenoxy) is 2. The van der Waals surface area contributed by atoms with Crippen molar-refractivity contribution >= 4 is 17.5 Å². The van der Waals surface area contributed by atoms with Gasteiger partial charge in [0.1, 0.15) is 11.4 Å². The van der Waals surface area contributed by atoms with Crippen molar-refractivity contribution in [2.45, 2.75) is 30.8 Å². The molecule has 1 N–H and O–H groups in total. The zero-order chi connectivity index (χ0) is 18.8. The van der Waals surface area contributed by atoms with Crippen molar-refractivity contribution < 1.29 is 14.3 Å². The Hall–Kier alpha value is -2.04. The summed E-state index contributed by atoms with van der Waals surface area (Å²) < 4.78 is 11.2. The summed E-state index contributed by atoms with van der Waals surface area (Å²) >= 11 is 6.11. The van der Waals surface area contributed by atoms with E-state index in [0.29, 0.717) is 11.6 Å². The molecular formula is C21H24ClNO3. The van der Waals surface area contributed by atoms with Gasteiger partial charge in [-0.15, -0.1) is 0 Å². The fraction of sp³-hybridized carbons (Fsp3) is 0.381. The van der Waals surface area contributed by atoms with Crippen molar-refractivity contribution in [2.24, 2.45) is 0 Å². The Labute approximate surface area is 159 Å². The van der Waals surface area contributed by atoms with E-state index in [1.807, 2.05) is 55.5 Å². The molecule has 1 atom stereocenters. The molecule has 5 heteroatoms. The number of hydrogen-bond acceptors (Lipinski definition) is 3. The molecule has 0 saturated heterocycles. The maximum atomic E-state index is 13.0. The molecule has 1 saturated carbocycles. The van der Waals surface area contributed by atoms with Gasteiger partial charge in [0, 0.05) is 17.7 Å². The van der Waals surface area contributed by atoms with Crippen LogP contribution in [-0.2, 0) is 20.5 Å². The lowest BCUT2D eigenvalue weighted by atomic mass is 9.92. The van der Waals surface area contributed by atoms with E-state index in [9.17, 15) is 4.79 Å². The van der Waals surface area contributed by atoms with Gasteiger partial charge in [-0.25, -0.2) is 0 Å². The van der Waals surface area contributed by atoms with Crippen molar-refractivity contribution in [2.75, 3.05) is 20.8 Å². The first-order chi connectivity index (χ1) is 12.4. The molecule has 1 aliphatic carbocycles. The van der Waals surface area contributed by atoms with Crippen LogP contribution in [-0.4, -0.2) is 26.7 Å². The minimum Gasteiger partial charge on any atom is -0.496 e. The number of halogens is 1. The zero-order valence-corrected chi connectivity index (χ0v) is 16.1. The summed E-state index contributed by atoms with van der Waals surface area (Å²) in [5.41, 5.74) is 0.712. The smallest absolute Gasteiger partial charge is 0.230 e. The molecule has 0 aliphatic heterocycles. The molecule has 4 nitrogen and oxygen atoms in total. The van der Waals surface area contributed by atoms with Crippen LogP contribution >= 0.6 is 11.6 Å². The van der Waals surface area contributed by atoms with Crippen molar-refractivity contribution in [3.8, 4) is 5.75 Å². The number of benzene rings is 2. The van der Waals surface area contributed by atoms with Crippen molar-refractivity contribution in [3.05, 3.63) is 64.7 Å². The van der Waals surface area contributed by atoms with Crippen LogP contribution in [0.5, 0.6) is 5.75 Å². The third-order valence-electron chi connectivity index (χ3n) is 5.28. The van der Waals surface area contributed by atoms with E-state index in [4.69, 9.17) is 21.1 Å². The van der Waals surface area contributed by atoms with Crippen LogP contribution in [0.2, 0.25) is 5.02 Å². The van der Waals surface area contributed by atoms with Crippen LogP contribution in [0, 0.1) is 0 Å². The van der Waals surface area contributed by atoms with Gasteiger partial charge in [-0.05, 0) is 43.5 Å². The minimum absolute atomic E-state index is 0.00676. The van der Waals surface area contributed by atoms with Crippen LogP contribution in [0.4, 0.5) is 0 Å². The number of para-hydroxylation sites is 1. The quantitative estimate of drug-likeness (QED) is 0.796. The molecule has 1 fully saturated rings. The van der Waals surface area contributed by atoms with E-state index < -0.39 is 11.0 Å². The van der Waals surface area contributed by atoms with Crippen molar-refractivity contribution in [1.82, 2.24) is 5.32 Å². The topological polar surface area (TPSA) is 47.6 Å². The Morgan fingerprint density at radius 2 is 1.92 bits per heavy atom. The number of hydrogen-bond donors (Lipinski definition) is 1. The van der Waals surface area contributed by atoms with Gasteiger partial charge in [-0.1, -0.05) is 41.9 Å². The van der Waals surface area contributed by atoms with E-state index >= 15 is 0 Å². The fourth-order valence-corrected chi connectivity index (χ4v) is 3.50. The maximum absolute atomic E-state index is 13.0. The fourth-order valence-electron chi connectivity index (χ4n) is 3.31. The number of carbonyl (C=O) groups excluding carboxylic acids is 1. The maximum Gasteiger partial charge on any atom is 0.230 e. The van der Waals surface area contributed by atoms with Crippen LogP contribution < -0.4 is 10.1 Å². The second kappa shape index (κ2) is 7.29. The van der Waals surface area contributed by atoms with Gasteiger partial charge < -0.3 is 14.8 Å². The van der Waals surface area contributed by atoms with Crippen LogP contribution in [0.1, 0.15) is 30.9 Å². The molecule has 0 spiro atoms. The normalized spacial score (nSPS) is 17.2. The van der Waals surface area contributed by atoms with E-state index in [1.54, 1.807) is 14.2 Å². The largest absolute Gasteiger partial charge is 0.496 e. The van der Waals surface area contributed by atoms with E-state index in [0.717, 1.165) is 29.7 Å². The molecule has 1 amide bonds. The third-order valence-corrected chi connectivity index (χ3v) is 5.51. The summed E-state index contributed by atoms with van der Waals surface area (Å²) in [5.74, 6) is 0.761. The summed E-state index contributed by atoms with van der Waals surface area (Å²) in [6.45, 7) is 2.31. The van der Waals surface area contributed by atoms with Crippen LogP contribution in [0.3, 0.4) is 0 Å². The van der Waals surface area contributed by atoms with Gasteiger partial charge in [-0.2, -0.15) is 0 Å². The number of nitrogens with one attached hydrogen (secondary N) is 1. The number of rotatable bonds is 7. The molecule has 0 aromatic heterocycles. The van der Waals surface area contributed by atoms with Gasteiger partial charge in [0.15, 0.2) is 0 Å². The highest BCUT2D eigenvalue weighted by Gasteiger charge is 2.53. The monoisotopic (exact) mass is 373 g/mol. The molecular weight excluding hydrogens is 350 g/mol. The predicted molar refractivity (Wildman–Crippen MR) is 103 cm³/mol. The Bertz CT molecular complexity index is 803. The van der Waals surface area contributed by atoms with Gasteiger partial charge in [0.05, 0.1) is 19.1 Å². The first-order valence-electron chi connectivity index (χ1n) is 8.68. The standard InChI is InChI=1S/C21H24ClNO3/c1-20(26-3,15-7-6-8-16(22)13-15)14-23-19(24)21(11-12-21)17-9-4-5-10-18(17)25-2/h4-10,13H,11-12,14H2,1-3H3,(H,23,24). The van der Waals surface area contributed by atoms with E-state index in [-0.39, 0.29) is 5.91 Å². The highest BCUT2D eigenvalue weighted by Crippen LogP contribution is 2.51. The Kier molecular flexibility index (Phi) is 5.26. The lowest BCUT2D eigenvalue weighted by Gasteiger charge is -2.30. The SMILES string of the molecule is COc1ccccc1C1(C(=O)NCC(C)(OC)c2cccc(Cl)c2)CC1. The zero-order valence-electron chi connectivity index (χ0n) is 15.3. The second-order valence-electron chi connectivity index (χ2n) is 6.91. The molecule has 138 valence electrons. The summed E-state index contributed by atoms with van der Waals surface area (Å²) in [7, 11) is 3.27. The second-order valence-corrected chi connectivity index (χ2v) is 7.35. The Morgan fingerprint density at radius 1 is 1.19 bits per heavy atom. The average molecular weight is 374 g/mol. The Balaban J connectivity index is 1.77. The van der Waals surface area contributed by atoms with Crippen LogP contribution in [0.15, 0.2) is 48.5 Å². The van der Waals surface area contributed by atoms with Gasteiger partial charge in [-0.3, -0.25) is 4.79 Å². The van der Waals surface area contributed by atoms with Crippen molar-refractivity contribution in [3.63, 3.8) is 0 Å². The molecule has 2 aromatic rings. The Morgan fingerprint density at radius 3 is 2.54 bits per heavy atom. The number of amides is 1. The molecule has 3 rings (SSSR count). The molecule has 0 heterocycles. The van der Waals surface area contributed by atoms with E-state index in [2.05, 4.69) is 5.32 Å². The van der Waals surface area contributed by atoms with Crippen molar-refractivity contribution in [1.29, 1.82) is 0 Å². The average Bonchev–Trinajstić information content (AvgIpc) is 3.47. The summed E-state index contributed by atoms with van der Waals surface area (Å²) in [6, 6.07) is 15.2. The summed E-state index contributed by atoms with van der Waals surface area (Å²) in [4.78, 5) is 13.0. The minimum atomic E-state index is -0.655. The van der Waals surface area contributed by atoms with E-state index in [1.165, 1.54) is 0 Å². The predicted octanol–water partition coefficient (Wildman–Crippen LogP) is 4.06. The number of methoxy groups -OCH3 is 2. The first-order valence-corrected chi connectivity index (χ1v) is 9.06. The molecule has 1 aliphatic rings. The van der Waals surface area contributed by atoms with Gasteiger partial charge in [0.2, 0.25) is 5.91 Å². The number of carbonyl (C=O) groups is 1. The first kappa shape index (κ1) is 18.7. The lowest BCUT2D eigenvalue weighted by molar-refractivity contribution is -0.125. The molecule has 0 bridgehead atoms. The lowest BCUT2D eigenvalue weighted by Crippen LogP contribution is -2.44. The van der Waals surface area contributed by atoms with Gasteiger partial charge >= 0.3 is 0 Å². The molecule has 0 radical (unpaired) electrons. The molecule has 26 heavy (non-hydrogen) atoms. The highest BCUT2D eigenvalue weighted by molar-refractivity contribution is 6.30. The van der Waals surface area contributed by atoms with Gasteiger partial charge in [0.25, 0.3) is 0 Å². The summed E-state index contributed by atoms with van der Waals surface area (Å²) in [6.07, 6.45) is 1.64. The van der Waals surface area contributed by atoms with Crippen LogP contribution in [0.25, 0.3) is 0 Å². The summed E-state index contributed by atoms with van der Waals surface area (Å²) in [5, 5.41) is 3.73. The molecule has 1 unspecified atom stereocenters.